The second-order valence-corrected chi connectivity index (χ2v) is 9.34. The second kappa shape index (κ2) is 9.53. The molecule has 33 heavy (non-hydrogen) atoms. The van der Waals surface area contributed by atoms with E-state index in [4.69, 9.17) is 9.72 Å². The first-order valence-corrected chi connectivity index (χ1v) is 11.9. The molecule has 0 bridgehead atoms. The summed E-state index contributed by atoms with van der Waals surface area (Å²) >= 11 is 0. The molecule has 1 atom stereocenters. The molecule has 2 aliphatic rings. The minimum Gasteiger partial charge on any atom is -0.378 e. The lowest BCUT2D eigenvalue weighted by Gasteiger charge is -2.27. The highest BCUT2D eigenvalue weighted by Gasteiger charge is 2.28. The first-order valence-electron chi connectivity index (χ1n) is 11.9. The van der Waals surface area contributed by atoms with E-state index >= 15 is 0 Å². The van der Waals surface area contributed by atoms with Gasteiger partial charge in [0.25, 0.3) is 5.91 Å². The van der Waals surface area contributed by atoms with Gasteiger partial charge in [-0.1, -0.05) is 32.0 Å². The number of nitrogens with zero attached hydrogens (tertiary/aromatic N) is 5. The topological polar surface area (TPSA) is 71.5 Å². The summed E-state index contributed by atoms with van der Waals surface area (Å²) in [5.41, 5.74) is 3.80. The van der Waals surface area contributed by atoms with Crippen LogP contribution < -0.4 is 0 Å². The van der Waals surface area contributed by atoms with E-state index in [2.05, 4.69) is 28.7 Å². The van der Waals surface area contributed by atoms with Gasteiger partial charge in [-0.25, -0.2) is 9.97 Å². The van der Waals surface area contributed by atoms with Crippen LogP contribution in [0.3, 0.4) is 0 Å². The summed E-state index contributed by atoms with van der Waals surface area (Å²) in [5, 5.41) is 0.926. The normalized spacial score (nSPS) is 19.5. The maximum absolute atomic E-state index is 13.4. The van der Waals surface area contributed by atoms with Crippen LogP contribution in [0.4, 0.5) is 0 Å². The SMILES string of the molecule is CC(C)c1ncc(CN2CCC(c3cc(C(=O)N4CCOCC4)c4ccccc4n3)C2)cn1. The summed E-state index contributed by atoms with van der Waals surface area (Å²) in [6, 6.07) is 10.0. The van der Waals surface area contributed by atoms with Crippen LogP contribution in [0.1, 0.15) is 59.5 Å². The van der Waals surface area contributed by atoms with Gasteiger partial charge < -0.3 is 9.64 Å². The highest BCUT2D eigenvalue weighted by Crippen LogP contribution is 2.30. The Hall–Kier alpha value is -2.90. The number of amides is 1. The van der Waals surface area contributed by atoms with Gasteiger partial charge in [-0.2, -0.15) is 0 Å². The molecule has 1 aromatic carbocycles. The number of aromatic nitrogens is 3. The lowest BCUT2D eigenvalue weighted by Crippen LogP contribution is -2.40. The number of ether oxygens (including phenoxy) is 1. The molecule has 0 aliphatic carbocycles. The first-order chi connectivity index (χ1) is 16.1. The average molecular weight is 446 g/mol. The molecule has 4 heterocycles. The van der Waals surface area contributed by atoms with Gasteiger partial charge in [-0.3, -0.25) is 14.7 Å². The van der Waals surface area contributed by atoms with Crippen LogP contribution in [-0.4, -0.2) is 70.1 Å². The quantitative estimate of drug-likeness (QED) is 0.598. The maximum Gasteiger partial charge on any atom is 0.254 e. The molecular weight excluding hydrogens is 414 g/mol. The number of rotatable bonds is 5. The molecule has 3 aromatic rings. The molecule has 0 N–H and O–H groups in total. The van der Waals surface area contributed by atoms with Crippen LogP contribution in [0.15, 0.2) is 42.7 Å². The van der Waals surface area contributed by atoms with Crippen LogP contribution in [0.25, 0.3) is 10.9 Å². The third-order valence-electron chi connectivity index (χ3n) is 6.60. The Morgan fingerprint density at radius 1 is 1.12 bits per heavy atom. The highest BCUT2D eigenvalue weighted by molar-refractivity contribution is 6.06. The van der Waals surface area contributed by atoms with Gasteiger partial charge in [0, 0.05) is 67.1 Å². The first kappa shape index (κ1) is 21.9. The number of likely N-dealkylation sites (tertiary alicyclic amines) is 1. The van der Waals surface area contributed by atoms with Crippen molar-refractivity contribution in [2.75, 3.05) is 39.4 Å². The monoisotopic (exact) mass is 445 g/mol. The van der Waals surface area contributed by atoms with E-state index in [1.807, 2.05) is 47.6 Å². The van der Waals surface area contributed by atoms with Gasteiger partial charge in [0.15, 0.2) is 0 Å². The third kappa shape index (κ3) is 4.75. The van der Waals surface area contributed by atoms with E-state index in [1.54, 1.807) is 0 Å². The molecule has 2 saturated heterocycles. The summed E-state index contributed by atoms with van der Waals surface area (Å²) in [4.78, 5) is 31.7. The molecule has 5 rings (SSSR count). The molecule has 0 radical (unpaired) electrons. The van der Waals surface area contributed by atoms with Crippen LogP contribution in [0.2, 0.25) is 0 Å². The molecular formula is C26H31N5O2. The third-order valence-corrected chi connectivity index (χ3v) is 6.60. The van der Waals surface area contributed by atoms with Crippen LogP contribution >= 0.6 is 0 Å². The minimum absolute atomic E-state index is 0.0791. The summed E-state index contributed by atoms with van der Waals surface area (Å²) in [6.07, 6.45) is 4.92. The largest absolute Gasteiger partial charge is 0.378 e. The lowest BCUT2D eigenvalue weighted by molar-refractivity contribution is 0.0304. The number of benzene rings is 1. The van der Waals surface area contributed by atoms with Gasteiger partial charge in [0.1, 0.15) is 5.82 Å². The Kier molecular flexibility index (Phi) is 6.33. The Morgan fingerprint density at radius 3 is 2.64 bits per heavy atom. The Bertz CT molecular complexity index is 1130. The standard InChI is InChI=1S/C26H31N5O2/c1-18(2)25-27-14-19(15-28-25)16-30-8-7-20(17-30)24-13-22(21-5-3-4-6-23(21)29-24)26(32)31-9-11-33-12-10-31/h3-6,13-15,18,20H,7-12,16-17H2,1-2H3. The van der Waals surface area contributed by atoms with Gasteiger partial charge in [0.2, 0.25) is 0 Å². The summed E-state index contributed by atoms with van der Waals surface area (Å²) in [5.74, 6) is 1.61. The number of fused-ring (bicyclic) bond motifs is 1. The van der Waals surface area contributed by atoms with Crippen molar-refractivity contribution in [1.29, 1.82) is 0 Å². The molecule has 2 fully saturated rings. The molecule has 0 spiro atoms. The van der Waals surface area contributed by atoms with Crippen molar-refractivity contribution in [3.8, 4) is 0 Å². The van der Waals surface area contributed by atoms with Crippen molar-refractivity contribution >= 4 is 16.8 Å². The van der Waals surface area contributed by atoms with E-state index < -0.39 is 0 Å². The van der Waals surface area contributed by atoms with Crippen molar-refractivity contribution < 1.29 is 9.53 Å². The predicted octanol–water partition coefficient (Wildman–Crippen LogP) is 3.61. The second-order valence-electron chi connectivity index (χ2n) is 9.34. The average Bonchev–Trinajstić information content (AvgIpc) is 3.32. The van der Waals surface area contributed by atoms with Crippen molar-refractivity contribution in [3.05, 3.63) is 65.4 Å². The number of morpholine rings is 1. The minimum atomic E-state index is 0.0791. The number of pyridine rings is 1. The van der Waals surface area contributed by atoms with Gasteiger partial charge in [-0.05, 0) is 25.1 Å². The zero-order chi connectivity index (χ0) is 22.8. The van der Waals surface area contributed by atoms with Gasteiger partial charge in [-0.15, -0.1) is 0 Å². The fraction of sp³-hybridized carbons (Fsp3) is 0.462. The fourth-order valence-electron chi connectivity index (χ4n) is 4.74. The molecule has 2 aliphatic heterocycles. The Labute approximate surface area is 194 Å². The summed E-state index contributed by atoms with van der Waals surface area (Å²) < 4.78 is 5.44. The maximum atomic E-state index is 13.4. The number of para-hydroxylation sites is 1. The number of hydrogen-bond donors (Lipinski definition) is 0. The van der Waals surface area contributed by atoms with Crippen molar-refractivity contribution in [2.24, 2.45) is 0 Å². The van der Waals surface area contributed by atoms with Crippen LogP contribution in [-0.2, 0) is 11.3 Å². The Morgan fingerprint density at radius 2 is 1.88 bits per heavy atom. The van der Waals surface area contributed by atoms with Crippen molar-refractivity contribution in [2.45, 2.75) is 38.6 Å². The van der Waals surface area contributed by atoms with Gasteiger partial charge in [0.05, 0.1) is 24.3 Å². The van der Waals surface area contributed by atoms with Crippen LogP contribution in [0, 0.1) is 0 Å². The Balaban J connectivity index is 1.36. The molecule has 7 nitrogen and oxygen atoms in total. The van der Waals surface area contributed by atoms with Crippen molar-refractivity contribution in [3.63, 3.8) is 0 Å². The van der Waals surface area contributed by atoms with E-state index in [0.29, 0.717) is 38.1 Å². The number of hydrogen-bond acceptors (Lipinski definition) is 6. The van der Waals surface area contributed by atoms with E-state index in [9.17, 15) is 4.79 Å². The molecule has 1 unspecified atom stereocenters. The van der Waals surface area contributed by atoms with Crippen molar-refractivity contribution in [1.82, 2.24) is 24.8 Å². The number of carbonyl (C=O) groups excluding carboxylic acids is 1. The predicted molar refractivity (Wildman–Crippen MR) is 127 cm³/mol. The zero-order valence-corrected chi connectivity index (χ0v) is 19.4. The molecule has 172 valence electrons. The molecule has 7 heteroatoms. The smallest absolute Gasteiger partial charge is 0.254 e. The lowest BCUT2D eigenvalue weighted by atomic mass is 9.99. The number of carbonyl (C=O) groups is 1. The molecule has 0 saturated carbocycles. The van der Waals surface area contributed by atoms with E-state index in [0.717, 1.165) is 59.6 Å². The zero-order valence-electron chi connectivity index (χ0n) is 19.4. The summed E-state index contributed by atoms with van der Waals surface area (Å²) in [7, 11) is 0. The fourth-order valence-corrected chi connectivity index (χ4v) is 4.74. The van der Waals surface area contributed by atoms with Gasteiger partial charge >= 0.3 is 0 Å². The van der Waals surface area contributed by atoms with E-state index in [1.165, 1.54) is 0 Å². The highest BCUT2D eigenvalue weighted by atomic mass is 16.5. The molecule has 2 aromatic heterocycles. The summed E-state index contributed by atoms with van der Waals surface area (Å²) in [6.45, 7) is 9.44. The van der Waals surface area contributed by atoms with Crippen LogP contribution in [0.5, 0.6) is 0 Å². The van der Waals surface area contributed by atoms with E-state index in [-0.39, 0.29) is 5.91 Å². The molecule has 1 amide bonds.